The molecule has 0 aliphatic carbocycles. The normalized spacial score (nSPS) is 10.2. The van der Waals surface area contributed by atoms with Crippen molar-refractivity contribution < 1.29 is 9.47 Å². The number of aromatic nitrogens is 2. The molecule has 1 heterocycles. The summed E-state index contributed by atoms with van der Waals surface area (Å²) in [6.07, 6.45) is 1.04. The van der Waals surface area contributed by atoms with Crippen molar-refractivity contribution in [1.29, 1.82) is 0 Å². The van der Waals surface area contributed by atoms with E-state index in [2.05, 4.69) is 27.5 Å². The molecule has 22 heavy (non-hydrogen) atoms. The Morgan fingerprint density at radius 1 is 1.05 bits per heavy atom. The van der Waals surface area contributed by atoms with Gasteiger partial charge in [-0.1, -0.05) is 6.92 Å². The van der Waals surface area contributed by atoms with Gasteiger partial charge in [-0.2, -0.15) is 0 Å². The summed E-state index contributed by atoms with van der Waals surface area (Å²) in [7, 11) is 3.26. The number of ether oxygens (including phenoxy) is 2. The molecule has 0 aliphatic heterocycles. The molecule has 2 aromatic rings. The number of aryl methyl sites for hydroxylation is 1. The Kier molecular flexibility index (Phi) is 5.41. The SMILES string of the molecule is CCCNc1cc(Nc2cc(OC)ccc2OC)nc(C)n1. The summed E-state index contributed by atoms with van der Waals surface area (Å²) >= 11 is 0. The van der Waals surface area contributed by atoms with Crippen LogP contribution in [0.5, 0.6) is 11.5 Å². The van der Waals surface area contributed by atoms with Crippen LogP contribution in [0.4, 0.5) is 17.3 Å². The second-order valence-electron chi connectivity index (χ2n) is 4.80. The quantitative estimate of drug-likeness (QED) is 0.817. The van der Waals surface area contributed by atoms with Crippen molar-refractivity contribution in [3.63, 3.8) is 0 Å². The minimum Gasteiger partial charge on any atom is -0.497 e. The number of methoxy groups -OCH3 is 2. The summed E-state index contributed by atoms with van der Waals surface area (Å²) in [5, 5.41) is 6.53. The van der Waals surface area contributed by atoms with E-state index in [-0.39, 0.29) is 0 Å². The smallest absolute Gasteiger partial charge is 0.142 e. The second kappa shape index (κ2) is 7.49. The van der Waals surface area contributed by atoms with Gasteiger partial charge < -0.3 is 20.1 Å². The number of rotatable bonds is 7. The fourth-order valence-corrected chi connectivity index (χ4v) is 2.03. The number of nitrogens with zero attached hydrogens (tertiary/aromatic N) is 2. The standard InChI is InChI=1S/C16H22N4O2/c1-5-8-17-15-10-16(19-11(2)18-15)20-13-9-12(21-3)6-7-14(13)22-4/h6-7,9-10H,5,8H2,1-4H3,(H2,17,18,19,20). The number of nitrogens with one attached hydrogen (secondary N) is 2. The molecular formula is C16H22N4O2. The van der Waals surface area contributed by atoms with Gasteiger partial charge in [-0.3, -0.25) is 0 Å². The van der Waals surface area contributed by atoms with E-state index in [1.165, 1.54) is 0 Å². The molecule has 1 aromatic carbocycles. The summed E-state index contributed by atoms with van der Waals surface area (Å²) in [4.78, 5) is 8.78. The summed E-state index contributed by atoms with van der Waals surface area (Å²) in [5.74, 6) is 3.68. The number of anilines is 3. The van der Waals surface area contributed by atoms with Crippen molar-refractivity contribution in [2.24, 2.45) is 0 Å². The molecule has 0 saturated carbocycles. The van der Waals surface area contributed by atoms with Crippen molar-refractivity contribution in [3.8, 4) is 11.5 Å². The Morgan fingerprint density at radius 3 is 2.50 bits per heavy atom. The zero-order valence-corrected chi connectivity index (χ0v) is 13.4. The molecule has 1 aromatic heterocycles. The fraction of sp³-hybridized carbons (Fsp3) is 0.375. The Morgan fingerprint density at radius 2 is 1.82 bits per heavy atom. The van der Waals surface area contributed by atoms with E-state index in [0.717, 1.165) is 36.0 Å². The highest BCUT2D eigenvalue weighted by Crippen LogP contribution is 2.31. The maximum absolute atomic E-state index is 5.37. The third kappa shape index (κ3) is 4.00. The van der Waals surface area contributed by atoms with E-state index >= 15 is 0 Å². The predicted molar refractivity (Wildman–Crippen MR) is 88.4 cm³/mol. The van der Waals surface area contributed by atoms with Crippen LogP contribution in [0.2, 0.25) is 0 Å². The maximum Gasteiger partial charge on any atom is 0.142 e. The van der Waals surface area contributed by atoms with Crippen LogP contribution >= 0.6 is 0 Å². The zero-order valence-electron chi connectivity index (χ0n) is 13.4. The molecule has 118 valence electrons. The van der Waals surface area contributed by atoms with Crippen LogP contribution < -0.4 is 20.1 Å². The summed E-state index contributed by atoms with van der Waals surface area (Å²) in [6, 6.07) is 7.45. The summed E-state index contributed by atoms with van der Waals surface area (Å²) in [5.41, 5.74) is 0.793. The molecule has 0 aliphatic rings. The summed E-state index contributed by atoms with van der Waals surface area (Å²) < 4.78 is 10.6. The van der Waals surface area contributed by atoms with Crippen LogP contribution in [0, 0.1) is 6.92 Å². The van der Waals surface area contributed by atoms with Crippen LogP contribution in [0.15, 0.2) is 24.3 Å². The van der Waals surface area contributed by atoms with Crippen LogP contribution in [0.1, 0.15) is 19.2 Å². The third-order valence-electron chi connectivity index (χ3n) is 3.06. The first kappa shape index (κ1) is 15.9. The van der Waals surface area contributed by atoms with Crippen molar-refractivity contribution >= 4 is 17.3 Å². The first-order chi connectivity index (χ1) is 10.7. The Balaban J connectivity index is 2.27. The Hall–Kier alpha value is -2.50. The van der Waals surface area contributed by atoms with Crippen molar-refractivity contribution in [2.75, 3.05) is 31.4 Å². The van der Waals surface area contributed by atoms with Crippen LogP contribution in [0.25, 0.3) is 0 Å². The molecular weight excluding hydrogens is 280 g/mol. The molecule has 0 saturated heterocycles. The van der Waals surface area contributed by atoms with Crippen LogP contribution in [0.3, 0.4) is 0 Å². The average molecular weight is 302 g/mol. The van der Waals surface area contributed by atoms with Gasteiger partial charge in [0.05, 0.1) is 19.9 Å². The van der Waals surface area contributed by atoms with E-state index in [4.69, 9.17) is 9.47 Å². The zero-order chi connectivity index (χ0) is 15.9. The van der Waals surface area contributed by atoms with Crippen molar-refractivity contribution in [3.05, 3.63) is 30.1 Å². The maximum atomic E-state index is 5.37. The fourth-order valence-electron chi connectivity index (χ4n) is 2.03. The third-order valence-corrected chi connectivity index (χ3v) is 3.06. The Bertz CT molecular complexity index is 632. The van der Waals surface area contributed by atoms with E-state index in [0.29, 0.717) is 11.6 Å². The largest absolute Gasteiger partial charge is 0.497 e. The number of hydrogen-bond acceptors (Lipinski definition) is 6. The van der Waals surface area contributed by atoms with Gasteiger partial charge in [0, 0.05) is 18.7 Å². The monoisotopic (exact) mass is 302 g/mol. The lowest BCUT2D eigenvalue weighted by Crippen LogP contribution is -2.06. The molecule has 0 atom stereocenters. The highest BCUT2D eigenvalue weighted by atomic mass is 16.5. The molecule has 0 radical (unpaired) electrons. The van der Waals surface area contributed by atoms with Gasteiger partial charge in [-0.05, 0) is 25.5 Å². The lowest BCUT2D eigenvalue weighted by molar-refractivity contribution is 0.405. The molecule has 0 unspecified atom stereocenters. The second-order valence-corrected chi connectivity index (χ2v) is 4.80. The molecule has 0 amide bonds. The van der Waals surface area contributed by atoms with Crippen molar-refractivity contribution in [1.82, 2.24) is 9.97 Å². The number of hydrogen-bond donors (Lipinski definition) is 2. The van der Waals surface area contributed by atoms with Crippen molar-refractivity contribution in [2.45, 2.75) is 20.3 Å². The van der Waals surface area contributed by atoms with E-state index < -0.39 is 0 Å². The van der Waals surface area contributed by atoms with Gasteiger partial charge in [0.1, 0.15) is 29.0 Å². The van der Waals surface area contributed by atoms with E-state index in [9.17, 15) is 0 Å². The van der Waals surface area contributed by atoms with E-state index in [1.54, 1.807) is 14.2 Å². The highest BCUT2D eigenvalue weighted by molar-refractivity contribution is 5.67. The first-order valence-corrected chi connectivity index (χ1v) is 7.25. The van der Waals surface area contributed by atoms with Gasteiger partial charge in [-0.25, -0.2) is 9.97 Å². The minimum atomic E-state index is 0.700. The predicted octanol–water partition coefficient (Wildman–Crippen LogP) is 3.37. The van der Waals surface area contributed by atoms with Gasteiger partial charge >= 0.3 is 0 Å². The molecule has 6 nitrogen and oxygen atoms in total. The molecule has 2 N–H and O–H groups in total. The molecule has 0 fully saturated rings. The molecule has 0 spiro atoms. The van der Waals surface area contributed by atoms with Gasteiger partial charge in [0.15, 0.2) is 0 Å². The Labute approximate surface area is 130 Å². The van der Waals surface area contributed by atoms with Gasteiger partial charge in [0.25, 0.3) is 0 Å². The van der Waals surface area contributed by atoms with Crippen LogP contribution in [-0.4, -0.2) is 30.7 Å². The highest BCUT2D eigenvalue weighted by Gasteiger charge is 2.08. The minimum absolute atomic E-state index is 0.700. The number of benzene rings is 1. The lowest BCUT2D eigenvalue weighted by Gasteiger charge is -2.13. The van der Waals surface area contributed by atoms with Gasteiger partial charge in [-0.15, -0.1) is 0 Å². The van der Waals surface area contributed by atoms with Crippen LogP contribution in [-0.2, 0) is 0 Å². The summed E-state index contributed by atoms with van der Waals surface area (Å²) in [6.45, 7) is 4.85. The van der Waals surface area contributed by atoms with E-state index in [1.807, 2.05) is 31.2 Å². The molecule has 6 heteroatoms. The van der Waals surface area contributed by atoms with Gasteiger partial charge in [0.2, 0.25) is 0 Å². The topological polar surface area (TPSA) is 68.3 Å². The average Bonchev–Trinajstić information content (AvgIpc) is 2.52. The lowest BCUT2D eigenvalue weighted by atomic mass is 10.2. The molecule has 2 rings (SSSR count). The first-order valence-electron chi connectivity index (χ1n) is 7.25. The molecule has 0 bridgehead atoms.